The Morgan fingerprint density at radius 2 is 1.13 bits per heavy atom. The minimum atomic E-state index is -4.59. The highest BCUT2D eigenvalue weighted by Gasteiger charge is 2.34. The van der Waals surface area contributed by atoms with E-state index in [9.17, 15) is 35.9 Å². The number of amides is 2. The number of carbonyl (C=O) groups excluding carboxylic acids is 2. The first-order valence-corrected chi connectivity index (χ1v) is 20.4. The molecule has 4 N–H and O–H groups in total. The number of halogens is 9. The van der Waals surface area contributed by atoms with Crippen LogP contribution in [-0.4, -0.2) is 63.9 Å². The number of aromatic nitrogens is 8. The standard InChI is InChI=1S/C16H11ClF3N5OS.C9H6Cl2F3NO.C7H6N4S.C6H7NS/c17-14-5-4-10(6-13(14)16(18,19)20)22-15(26)8-27-12-3-1-2-11(7-12)25-9-21-23-24-25;10-4-8(16)15-5-1-2-7(11)6(3-5)9(12,13)14;12-7-3-1-2-6(4-7)11-5-8-9-10-11;7-5-2-1-3-6(8)4-5/h1-7,9H,8H2,(H,22,26);1-3H,4H2,(H,15,16);1-5,12H;1-4,8H,7H2. The predicted octanol–water partition coefficient (Wildman–Crippen LogP) is 10.1. The van der Waals surface area contributed by atoms with Crippen molar-refractivity contribution in [3.8, 4) is 11.4 Å². The SMILES string of the molecule is Nc1cccc(S)c1.O=C(CCl)Nc1ccc(Cl)c(C(F)(F)F)c1.O=C(CSc1cccc(-n2cnnn2)c1)Nc1ccc(Cl)c(C(F)(F)F)c1.Sc1cccc(-n2cnnn2)c1. The average Bonchev–Trinajstić information content (AvgIpc) is 3.98. The van der Waals surface area contributed by atoms with Crippen LogP contribution in [0.4, 0.5) is 43.4 Å². The Morgan fingerprint density at radius 3 is 1.56 bits per heavy atom. The zero-order valence-electron chi connectivity index (χ0n) is 31.6. The Morgan fingerprint density at radius 1 is 0.651 bits per heavy atom. The van der Waals surface area contributed by atoms with Gasteiger partial charge in [0.05, 0.1) is 38.3 Å². The number of hydrogen-bond acceptors (Lipinski definition) is 12. The number of thioether (sulfide) groups is 1. The number of alkyl halides is 7. The molecule has 0 saturated heterocycles. The van der Waals surface area contributed by atoms with Crippen LogP contribution in [0.15, 0.2) is 137 Å². The third-order valence-corrected chi connectivity index (χ3v) is 9.80. The molecule has 63 heavy (non-hydrogen) atoms. The summed E-state index contributed by atoms with van der Waals surface area (Å²) in [5, 5.41) is 25.5. The first-order valence-electron chi connectivity index (χ1n) is 17.2. The lowest BCUT2D eigenvalue weighted by atomic mass is 10.2. The zero-order valence-corrected chi connectivity index (χ0v) is 36.5. The first-order chi connectivity index (χ1) is 29.8. The fraction of sp³-hybridized carbons (Fsp3) is 0.105. The van der Waals surface area contributed by atoms with Crippen molar-refractivity contribution in [2.24, 2.45) is 0 Å². The highest BCUT2D eigenvalue weighted by molar-refractivity contribution is 8.00. The molecule has 2 aromatic heterocycles. The second-order valence-corrected chi connectivity index (χ2v) is 15.2. The van der Waals surface area contributed by atoms with Gasteiger partial charge >= 0.3 is 12.4 Å². The smallest absolute Gasteiger partial charge is 0.399 e. The number of nitrogens with zero attached hydrogens (tertiary/aromatic N) is 8. The maximum atomic E-state index is 12.9. The monoisotopic (exact) mass is 987 g/mol. The Labute approximate surface area is 384 Å². The molecule has 0 unspecified atom stereocenters. The number of rotatable bonds is 8. The number of thiol groups is 2. The quantitative estimate of drug-likeness (QED) is 0.0325. The highest BCUT2D eigenvalue weighted by atomic mass is 35.5. The van der Waals surface area contributed by atoms with Gasteiger partial charge in [0.1, 0.15) is 18.5 Å². The number of nitrogens with two attached hydrogens (primary N) is 1. The number of nitrogen functional groups attached to an aromatic ring is 1. The van der Waals surface area contributed by atoms with Crippen LogP contribution in [0.1, 0.15) is 11.1 Å². The van der Waals surface area contributed by atoms with Gasteiger partial charge in [-0.15, -0.1) is 58.8 Å². The Balaban J connectivity index is 0.000000204. The molecule has 0 aliphatic heterocycles. The third kappa shape index (κ3) is 16.9. The molecule has 0 saturated carbocycles. The first kappa shape index (κ1) is 50.1. The van der Waals surface area contributed by atoms with Crippen LogP contribution in [0.5, 0.6) is 0 Å². The molecule has 0 aliphatic rings. The maximum Gasteiger partial charge on any atom is 0.417 e. The topological polar surface area (TPSA) is 171 Å². The summed E-state index contributed by atoms with van der Waals surface area (Å²) >= 11 is 25.7. The second kappa shape index (κ2) is 23.8. The van der Waals surface area contributed by atoms with Crippen molar-refractivity contribution in [3.05, 3.63) is 143 Å². The number of anilines is 3. The zero-order chi connectivity index (χ0) is 46.2. The molecule has 13 nitrogen and oxygen atoms in total. The Bertz CT molecular complexity index is 2560. The van der Waals surface area contributed by atoms with Crippen molar-refractivity contribution in [1.29, 1.82) is 0 Å². The van der Waals surface area contributed by atoms with Crippen molar-refractivity contribution >= 4 is 101 Å². The lowest BCUT2D eigenvalue weighted by molar-refractivity contribution is -0.138. The molecule has 0 fully saturated rings. The summed E-state index contributed by atoms with van der Waals surface area (Å²) in [6, 6.07) is 28.5. The summed E-state index contributed by atoms with van der Waals surface area (Å²) in [5.41, 5.74) is 5.84. The molecule has 7 rings (SSSR count). The molecule has 2 amide bonds. The van der Waals surface area contributed by atoms with Crippen molar-refractivity contribution in [1.82, 2.24) is 40.4 Å². The molecular weight excluding hydrogens is 959 g/mol. The maximum absolute atomic E-state index is 12.9. The van der Waals surface area contributed by atoms with E-state index in [-0.39, 0.29) is 23.0 Å². The van der Waals surface area contributed by atoms with E-state index in [2.05, 4.69) is 66.9 Å². The number of benzene rings is 5. The molecule has 0 atom stereocenters. The summed E-state index contributed by atoms with van der Waals surface area (Å²) < 4.78 is 78.9. The van der Waals surface area contributed by atoms with Gasteiger partial charge in [0.15, 0.2) is 0 Å². The molecule has 5 aromatic carbocycles. The molecule has 0 aliphatic carbocycles. The highest BCUT2D eigenvalue weighted by Crippen LogP contribution is 2.37. The van der Waals surface area contributed by atoms with Gasteiger partial charge in [-0.2, -0.15) is 26.3 Å². The minimum Gasteiger partial charge on any atom is -0.399 e. The summed E-state index contributed by atoms with van der Waals surface area (Å²) in [6.07, 6.45) is -6.17. The molecule has 330 valence electrons. The molecule has 7 aromatic rings. The van der Waals surface area contributed by atoms with Crippen molar-refractivity contribution in [3.63, 3.8) is 0 Å². The normalized spacial score (nSPS) is 10.8. The molecule has 25 heteroatoms. The lowest BCUT2D eigenvalue weighted by Crippen LogP contribution is -2.15. The van der Waals surface area contributed by atoms with Crippen molar-refractivity contribution < 1.29 is 35.9 Å². The fourth-order valence-corrected chi connectivity index (χ4v) is 6.33. The predicted molar refractivity (Wildman–Crippen MR) is 235 cm³/mol. The van der Waals surface area contributed by atoms with Gasteiger partial charge in [-0.3, -0.25) is 9.59 Å². The molecule has 0 spiro atoms. The van der Waals surface area contributed by atoms with Crippen LogP contribution in [0, 0.1) is 0 Å². The number of tetrazole rings is 2. The largest absolute Gasteiger partial charge is 0.417 e. The van der Waals surface area contributed by atoms with E-state index < -0.39 is 45.3 Å². The van der Waals surface area contributed by atoms with Crippen LogP contribution >= 0.6 is 71.8 Å². The van der Waals surface area contributed by atoms with Gasteiger partial charge in [-0.25, -0.2) is 9.36 Å². The van der Waals surface area contributed by atoms with Gasteiger partial charge in [0.25, 0.3) is 0 Å². The van der Waals surface area contributed by atoms with E-state index in [4.69, 9.17) is 40.5 Å². The summed E-state index contributed by atoms with van der Waals surface area (Å²) in [4.78, 5) is 25.5. The number of hydrogen-bond donors (Lipinski definition) is 5. The fourth-order valence-electron chi connectivity index (χ4n) is 4.62. The number of nitrogens with one attached hydrogen (secondary N) is 2. The average molecular weight is 989 g/mol. The van der Waals surface area contributed by atoms with E-state index >= 15 is 0 Å². The minimum absolute atomic E-state index is 0.00220. The van der Waals surface area contributed by atoms with E-state index in [1.165, 1.54) is 34.9 Å². The van der Waals surface area contributed by atoms with Crippen molar-refractivity contribution in [2.45, 2.75) is 27.0 Å². The van der Waals surface area contributed by atoms with Crippen LogP contribution in [0.25, 0.3) is 11.4 Å². The van der Waals surface area contributed by atoms with Gasteiger partial charge in [0.2, 0.25) is 11.8 Å². The lowest BCUT2D eigenvalue weighted by Gasteiger charge is -2.12. The molecule has 2 heterocycles. The molecule has 0 bridgehead atoms. The van der Waals surface area contributed by atoms with Crippen LogP contribution in [-0.2, 0) is 21.9 Å². The van der Waals surface area contributed by atoms with E-state index in [0.717, 1.165) is 56.0 Å². The summed E-state index contributed by atoms with van der Waals surface area (Å²) in [6.45, 7) is 0. The van der Waals surface area contributed by atoms with Gasteiger partial charge in [-0.05, 0) is 112 Å². The summed E-state index contributed by atoms with van der Waals surface area (Å²) in [5.74, 6) is -1.34. The van der Waals surface area contributed by atoms with E-state index in [1.54, 1.807) is 35.3 Å². The van der Waals surface area contributed by atoms with Gasteiger partial charge in [0, 0.05) is 31.7 Å². The van der Waals surface area contributed by atoms with Crippen LogP contribution in [0.2, 0.25) is 10.0 Å². The third-order valence-electron chi connectivity index (χ3n) is 7.35. The second-order valence-electron chi connectivity index (χ2n) is 12.0. The Hall–Kier alpha value is -5.52. The Kier molecular flexibility index (Phi) is 18.9. The van der Waals surface area contributed by atoms with Gasteiger partial charge < -0.3 is 16.4 Å². The van der Waals surface area contributed by atoms with E-state index in [0.29, 0.717) is 0 Å². The van der Waals surface area contributed by atoms with Gasteiger partial charge in [-0.1, -0.05) is 41.4 Å². The molecule has 0 radical (unpaired) electrons. The molecular formula is C38H30Cl3F6N11O2S3. The van der Waals surface area contributed by atoms with E-state index in [1.807, 2.05) is 48.5 Å². The van der Waals surface area contributed by atoms with Crippen molar-refractivity contribution in [2.75, 3.05) is 28.0 Å². The van der Waals surface area contributed by atoms with Crippen LogP contribution < -0.4 is 16.4 Å². The van der Waals surface area contributed by atoms with Crippen LogP contribution in [0.3, 0.4) is 0 Å². The summed E-state index contributed by atoms with van der Waals surface area (Å²) in [7, 11) is 0. The number of carbonyl (C=O) groups is 2.